The summed E-state index contributed by atoms with van der Waals surface area (Å²) in [5.74, 6) is 1.68. The Bertz CT molecular complexity index is 1110. The van der Waals surface area contributed by atoms with Crippen molar-refractivity contribution >= 4 is 27.3 Å². The lowest BCUT2D eigenvalue weighted by molar-refractivity contribution is 0.0918. The number of Topliss-reactive ketones (excluding diaryl/α,β-unsaturated/α-hetero) is 1. The van der Waals surface area contributed by atoms with E-state index in [9.17, 15) is 4.79 Å². The Morgan fingerprint density at radius 3 is 2.88 bits per heavy atom. The number of aromatic nitrogens is 4. The molecule has 0 N–H and O–H groups in total. The molecule has 4 rings (SSSR count). The van der Waals surface area contributed by atoms with Crippen LogP contribution in [0.3, 0.4) is 0 Å². The fraction of sp³-hybridized carbons (Fsp3) is 0.222. The predicted octanol–water partition coefficient (Wildman–Crippen LogP) is 3.66. The van der Waals surface area contributed by atoms with Crippen LogP contribution in [0.4, 0.5) is 0 Å². The van der Waals surface area contributed by atoms with Gasteiger partial charge in [-0.15, -0.1) is 11.3 Å². The lowest BCUT2D eigenvalue weighted by Crippen LogP contribution is -2.13. The van der Waals surface area contributed by atoms with E-state index in [4.69, 9.17) is 9.26 Å². The molecule has 0 aliphatic carbocycles. The van der Waals surface area contributed by atoms with E-state index in [1.807, 2.05) is 48.9 Å². The molecule has 0 spiro atoms. The smallest absolute Gasteiger partial charge is 0.225 e. The molecule has 0 aliphatic rings. The van der Waals surface area contributed by atoms with Gasteiger partial charge in [-0.2, -0.15) is 0 Å². The third kappa shape index (κ3) is 2.78. The highest BCUT2D eigenvalue weighted by Crippen LogP contribution is 2.26. The summed E-state index contributed by atoms with van der Waals surface area (Å²) in [7, 11) is 0. The molecule has 0 unspecified atom stereocenters. The van der Waals surface area contributed by atoms with Crippen molar-refractivity contribution in [2.45, 2.75) is 20.8 Å². The first-order valence-corrected chi connectivity index (χ1v) is 8.89. The largest absolute Gasteiger partial charge is 0.469 e. The molecule has 0 radical (unpaired) electrons. The van der Waals surface area contributed by atoms with Crippen molar-refractivity contribution in [3.8, 4) is 11.7 Å². The van der Waals surface area contributed by atoms with Gasteiger partial charge < -0.3 is 9.26 Å². The first-order chi connectivity index (χ1) is 12.5. The van der Waals surface area contributed by atoms with Gasteiger partial charge in [0.05, 0.1) is 5.39 Å². The third-order valence-electron chi connectivity index (χ3n) is 4.14. The number of hydrogen-bond acceptors (Lipinski definition) is 7. The fourth-order valence-electron chi connectivity index (χ4n) is 2.95. The van der Waals surface area contributed by atoms with Crippen molar-refractivity contribution < 1.29 is 14.1 Å². The maximum atomic E-state index is 12.7. The van der Waals surface area contributed by atoms with Crippen LogP contribution in [-0.2, 0) is 0 Å². The van der Waals surface area contributed by atoms with Crippen LogP contribution < -0.4 is 4.74 Å². The molecule has 26 heavy (non-hydrogen) atoms. The molecule has 0 atom stereocenters. The maximum Gasteiger partial charge on any atom is 0.225 e. The summed E-state index contributed by atoms with van der Waals surface area (Å²) < 4.78 is 12.7. The molecule has 4 aromatic rings. The lowest BCUT2D eigenvalue weighted by atomic mass is 10.1. The highest BCUT2D eigenvalue weighted by atomic mass is 32.1. The molecule has 0 saturated carbocycles. The van der Waals surface area contributed by atoms with Gasteiger partial charge in [0.15, 0.2) is 12.4 Å². The predicted molar refractivity (Wildman–Crippen MR) is 97.3 cm³/mol. The molecular weight excluding hydrogens is 352 g/mol. The number of carbonyl (C=O) groups excluding carboxylic acids is 1. The van der Waals surface area contributed by atoms with Crippen LogP contribution in [0, 0.1) is 20.8 Å². The Morgan fingerprint density at radius 2 is 2.12 bits per heavy atom. The van der Waals surface area contributed by atoms with Crippen LogP contribution in [0.2, 0.25) is 0 Å². The van der Waals surface area contributed by atoms with Gasteiger partial charge >= 0.3 is 0 Å². The van der Waals surface area contributed by atoms with Crippen molar-refractivity contribution in [2.24, 2.45) is 0 Å². The van der Waals surface area contributed by atoms with Gasteiger partial charge in [0.25, 0.3) is 0 Å². The molecule has 0 fully saturated rings. The van der Waals surface area contributed by atoms with Crippen LogP contribution in [0.25, 0.3) is 16.0 Å². The van der Waals surface area contributed by atoms with Crippen molar-refractivity contribution in [2.75, 3.05) is 6.61 Å². The van der Waals surface area contributed by atoms with Crippen molar-refractivity contribution in [3.63, 3.8) is 0 Å². The van der Waals surface area contributed by atoms with Gasteiger partial charge in [-0.25, -0.2) is 9.97 Å². The van der Waals surface area contributed by atoms with E-state index < -0.39 is 0 Å². The second-order valence-electron chi connectivity index (χ2n) is 5.95. The first-order valence-electron chi connectivity index (χ1n) is 8.01. The molecular formula is C18H16N4O3S. The second-order valence-corrected chi connectivity index (χ2v) is 6.84. The fourth-order valence-corrected chi connectivity index (χ4v) is 3.67. The molecule has 0 aliphatic heterocycles. The zero-order valence-electron chi connectivity index (χ0n) is 14.5. The molecule has 132 valence electrons. The Balaban J connectivity index is 1.58. The zero-order chi connectivity index (χ0) is 18.3. The Labute approximate surface area is 153 Å². The van der Waals surface area contributed by atoms with Crippen LogP contribution in [-0.4, -0.2) is 32.1 Å². The molecule has 8 heteroatoms. The summed E-state index contributed by atoms with van der Waals surface area (Å²) in [4.78, 5) is 21.8. The summed E-state index contributed by atoms with van der Waals surface area (Å²) in [5, 5.41) is 6.76. The summed E-state index contributed by atoms with van der Waals surface area (Å²) in [6.07, 6.45) is 1.44. The molecule has 4 heterocycles. The number of ether oxygens (including phenoxy) is 1. The number of ketones is 1. The average molecular weight is 368 g/mol. The number of nitrogens with zero attached hydrogens (tertiary/aromatic N) is 4. The third-order valence-corrected chi connectivity index (χ3v) is 4.96. The number of hydrogen-bond donors (Lipinski definition) is 0. The minimum absolute atomic E-state index is 0.0932. The van der Waals surface area contributed by atoms with Gasteiger partial charge in [0.2, 0.25) is 11.7 Å². The first kappa shape index (κ1) is 16.5. The molecule has 0 amide bonds. The Kier molecular flexibility index (Phi) is 4.04. The van der Waals surface area contributed by atoms with Crippen LogP contribution in [0.5, 0.6) is 5.88 Å². The standard InChI is InChI=1S/C18H16N4O3S/c1-10-6-14(12(3)22(10)16-7-11(2)25-21-16)15(23)8-24-17-13-4-5-26-18(13)20-9-19-17/h4-7,9H,8H2,1-3H3. The Morgan fingerprint density at radius 1 is 1.27 bits per heavy atom. The van der Waals surface area contributed by atoms with Gasteiger partial charge in [-0.3, -0.25) is 9.36 Å². The summed E-state index contributed by atoms with van der Waals surface area (Å²) in [6, 6.07) is 5.56. The topological polar surface area (TPSA) is 83.0 Å². The normalized spacial score (nSPS) is 11.2. The minimum atomic E-state index is -0.119. The molecule has 7 nitrogen and oxygen atoms in total. The average Bonchev–Trinajstić information content (AvgIpc) is 3.32. The highest BCUT2D eigenvalue weighted by molar-refractivity contribution is 7.16. The SMILES string of the molecule is Cc1cc(-n2c(C)cc(C(=O)COc3ncnc4sccc34)c2C)no1. The van der Waals surface area contributed by atoms with Crippen molar-refractivity contribution in [3.05, 3.63) is 52.6 Å². The van der Waals surface area contributed by atoms with Gasteiger partial charge in [0.1, 0.15) is 16.9 Å². The van der Waals surface area contributed by atoms with Crippen LogP contribution in [0.1, 0.15) is 27.5 Å². The lowest BCUT2D eigenvalue weighted by Gasteiger charge is -2.07. The van der Waals surface area contributed by atoms with Gasteiger partial charge in [0, 0.05) is 23.0 Å². The summed E-state index contributed by atoms with van der Waals surface area (Å²) in [5.41, 5.74) is 2.30. The molecule has 0 saturated heterocycles. The van der Waals surface area contributed by atoms with E-state index in [1.54, 1.807) is 0 Å². The number of carbonyl (C=O) groups is 1. The van der Waals surface area contributed by atoms with E-state index in [-0.39, 0.29) is 12.4 Å². The van der Waals surface area contributed by atoms with Crippen LogP contribution in [0.15, 0.2) is 34.4 Å². The summed E-state index contributed by atoms with van der Waals surface area (Å²) >= 11 is 1.50. The second kappa shape index (κ2) is 6.38. The Hall–Kier alpha value is -3.00. The molecule has 0 aromatic carbocycles. The monoisotopic (exact) mass is 368 g/mol. The number of fused-ring (bicyclic) bond motifs is 1. The number of aryl methyl sites for hydroxylation is 2. The quantitative estimate of drug-likeness (QED) is 0.500. The molecule has 0 bridgehead atoms. The van der Waals surface area contributed by atoms with E-state index >= 15 is 0 Å². The van der Waals surface area contributed by atoms with E-state index in [0.29, 0.717) is 23.0 Å². The van der Waals surface area contributed by atoms with Crippen molar-refractivity contribution in [1.29, 1.82) is 0 Å². The maximum absolute atomic E-state index is 12.7. The number of thiophene rings is 1. The van der Waals surface area contributed by atoms with Gasteiger partial charge in [-0.1, -0.05) is 5.16 Å². The summed E-state index contributed by atoms with van der Waals surface area (Å²) in [6.45, 7) is 5.54. The zero-order valence-corrected chi connectivity index (χ0v) is 15.3. The van der Waals surface area contributed by atoms with Gasteiger partial charge in [-0.05, 0) is 38.3 Å². The van der Waals surface area contributed by atoms with Crippen LogP contribution >= 0.6 is 11.3 Å². The van der Waals surface area contributed by atoms with E-state index in [0.717, 1.165) is 21.6 Å². The number of rotatable bonds is 5. The van der Waals surface area contributed by atoms with E-state index in [2.05, 4.69) is 15.1 Å². The van der Waals surface area contributed by atoms with Crippen molar-refractivity contribution in [1.82, 2.24) is 19.7 Å². The minimum Gasteiger partial charge on any atom is -0.469 e. The molecule has 4 aromatic heterocycles. The van der Waals surface area contributed by atoms with E-state index in [1.165, 1.54) is 17.7 Å². The highest BCUT2D eigenvalue weighted by Gasteiger charge is 2.19.